The Bertz CT molecular complexity index is 608. The Kier molecular flexibility index (Phi) is 3.58. The summed E-state index contributed by atoms with van der Waals surface area (Å²) in [7, 11) is 0. The molecular formula is C15H18N2O3. The van der Waals surface area contributed by atoms with E-state index in [4.69, 9.17) is 9.15 Å². The minimum atomic E-state index is -0.100. The third kappa shape index (κ3) is 2.35. The van der Waals surface area contributed by atoms with E-state index >= 15 is 0 Å². The number of pyridine rings is 1. The zero-order valence-corrected chi connectivity index (χ0v) is 11.5. The molecule has 0 bridgehead atoms. The summed E-state index contributed by atoms with van der Waals surface area (Å²) in [6.45, 7) is 3.85. The van der Waals surface area contributed by atoms with Crippen molar-refractivity contribution in [2.45, 2.75) is 19.8 Å². The van der Waals surface area contributed by atoms with Gasteiger partial charge >= 0.3 is 5.97 Å². The van der Waals surface area contributed by atoms with Gasteiger partial charge in [0.2, 0.25) is 0 Å². The SMILES string of the molecule is CCOC(=O)[C@H]1CCCN(c2nccc3occc23)C1. The van der Waals surface area contributed by atoms with Crippen LogP contribution in [-0.4, -0.2) is 30.6 Å². The van der Waals surface area contributed by atoms with Crippen LogP contribution >= 0.6 is 0 Å². The molecule has 0 saturated carbocycles. The van der Waals surface area contributed by atoms with Crippen molar-refractivity contribution in [3.63, 3.8) is 0 Å². The molecule has 0 amide bonds. The maximum Gasteiger partial charge on any atom is 0.310 e. The monoisotopic (exact) mass is 274 g/mol. The van der Waals surface area contributed by atoms with Gasteiger partial charge in [0.15, 0.2) is 0 Å². The number of esters is 1. The molecule has 2 aromatic rings. The molecule has 1 fully saturated rings. The standard InChI is InChI=1S/C15H18N2O3/c1-2-19-15(18)11-4-3-8-17(10-11)14-12-6-9-20-13(12)5-7-16-14/h5-7,9,11H,2-4,8,10H2,1H3/t11-/m0/s1. The van der Waals surface area contributed by atoms with Gasteiger partial charge in [-0.05, 0) is 31.9 Å². The Morgan fingerprint density at radius 3 is 3.30 bits per heavy atom. The molecule has 20 heavy (non-hydrogen) atoms. The average Bonchev–Trinajstić information content (AvgIpc) is 2.96. The van der Waals surface area contributed by atoms with E-state index < -0.39 is 0 Å². The molecule has 1 aliphatic heterocycles. The number of ether oxygens (including phenoxy) is 1. The molecule has 2 aromatic heterocycles. The van der Waals surface area contributed by atoms with Crippen molar-refractivity contribution >= 4 is 22.8 Å². The Balaban J connectivity index is 1.83. The van der Waals surface area contributed by atoms with Gasteiger partial charge < -0.3 is 14.1 Å². The topological polar surface area (TPSA) is 55.6 Å². The fraction of sp³-hybridized carbons (Fsp3) is 0.467. The van der Waals surface area contributed by atoms with Crippen molar-refractivity contribution in [1.82, 2.24) is 4.98 Å². The van der Waals surface area contributed by atoms with Gasteiger partial charge in [0.25, 0.3) is 0 Å². The molecule has 3 heterocycles. The maximum absolute atomic E-state index is 11.9. The number of aromatic nitrogens is 1. The molecule has 3 rings (SSSR count). The van der Waals surface area contributed by atoms with Crippen molar-refractivity contribution in [3.05, 3.63) is 24.6 Å². The summed E-state index contributed by atoms with van der Waals surface area (Å²) in [5, 5.41) is 0.997. The summed E-state index contributed by atoms with van der Waals surface area (Å²) < 4.78 is 10.5. The highest BCUT2D eigenvalue weighted by atomic mass is 16.5. The molecule has 0 spiro atoms. The van der Waals surface area contributed by atoms with E-state index in [0.29, 0.717) is 13.2 Å². The summed E-state index contributed by atoms with van der Waals surface area (Å²) >= 11 is 0. The molecule has 1 saturated heterocycles. The largest absolute Gasteiger partial charge is 0.466 e. The highest BCUT2D eigenvalue weighted by Crippen LogP contribution is 2.29. The summed E-state index contributed by atoms with van der Waals surface area (Å²) in [5.41, 5.74) is 0.827. The molecule has 0 unspecified atom stereocenters. The fourth-order valence-corrected chi connectivity index (χ4v) is 2.75. The fourth-order valence-electron chi connectivity index (χ4n) is 2.75. The molecule has 5 nitrogen and oxygen atoms in total. The van der Waals surface area contributed by atoms with Crippen LogP contribution in [0.4, 0.5) is 5.82 Å². The molecular weight excluding hydrogens is 256 g/mol. The van der Waals surface area contributed by atoms with Gasteiger partial charge in [0, 0.05) is 19.3 Å². The Morgan fingerprint density at radius 1 is 1.55 bits per heavy atom. The predicted molar refractivity (Wildman–Crippen MR) is 75.6 cm³/mol. The number of carbonyl (C=O) groups excluding carboxylic acids is 1. The van der Waals surface area contributed by atoms with E-state index in [1.807, 2.05) is 19.1 Å². The number of nitrogens with zero attached hydrogens (tertiary/aromatic N) is 2. The average molecular weight is 274 g/mol. The van der Waals surface area contributed by atoms with E-state index in [2.05, 4.69) is 9.88 Å². The summed E-state index contributed by atoms with van der Waals surface area (Å²) in [6, 6.07) is 3.78. The van der Waals surface area contributed by atoms with Crippen LogP contribution in [0.25, 0.3) is 11.0 Å². The van der Waals surface area contributed by atoms with E-state index in [-0.39, 0.29) is 11.9 Å². The number of anilines is 1. The van der Waals surface area contributed by atoms with E-state index in [1.165, 1.54) is 0 Å². The Morgan fingerprint density at radius 2 is 2.45 bits per heavy atom. The van der Waals surface area contributed by atoms with Crippen LogP contribution in [-0.2, 0) is 9.53 Å². The maximum atomic E-state index is 11.9. The zero-order valence-electron chi connectivity index (χ0n) is 11.5. The van der Waals surface area contributed by atoms with E-state index in [1.54, 1.807) is 12.5 Å². The lowest BCUT2D eigenvalue weighted by atomic mass is 9.98. The number of fused-ring (bicyclic) bond motifs is 1. The first-order chi connectivity index (χ1) is 9.79. The minimum Gasteiger partial charge on any atom is -0.466 e. The molecule has 0 radical (unpaired) electrons. The van der Waals surface area contributed by atoms with Crippen molar-refractivity contribution < 1.29 is 13.9 Å². The molecule has 0 aliphatic carbocycles. The number of furan rings is 1. The van der Waals surface area contributed by atoms with E-state index in [9.17, 15) is 4.79 Å². The molecule has 0 N–H and O–H groups in total. The van der Waals surface area contributed by atoms with Gasteiger partial charge in [-0.3, -0.25) is 4.79 Å². The lowest BCUT2D eigenvalue weighted by Gasteiger charge is -2.32. The van der Waals surface area contributed by atoms with Crippen molar-refractivity contribution in [1.29, 1.82) is 0 Å². The highest BCUT2D eigenvalue weighted by Gasteiger charge is 2.28. The number of hydrogen-bond donors (Lipinski definition) is 0. The van der Waals surface area contributed by atoms with Crippen LogP contribution in [0.15, 0.2) is 29.0 Å². The molecule has 106 valence electrons. The Labute approximate surface area is 117 Å². The van der Waals surface area contributed by atoms with Gasteiger partial charge in [-0.1, -0.05) is 0 Å². The third-order valence-corrected chi connectivity index (χ3v) is 3.70. The van der Waals surface area contributed by atoms with Crippen molar-refractivity contribution in [2.75, 3.05) is 24.6 Å². The lowest BCUT2D eigenvalue weighted by Crippen LogP contribution is -2.39. The second kappa shape index (κ2) is 5.53. The second-order valence-electron chi connectivity index (χ2n) is 5.00. The summed E-state index contributed by atoms with van der Waals surface area (Å²) in [4.78, 5) is 18.5. The van der Waals surface area contributed by atoms with Gasteiger partial charge in [-0.25, -0.2) is 4.98 Å². The first kappa shape index (κ1) is 13.0. The number of rotatable bonds is 3. The third-order valence-electron chi connectivity index (χ3n) is 3.70. The van der Waals surface area contributed by atoms with Gasteiger partial charge in [-0.2, -0.15) is 0 Å². The molecule has 0 aromatic carbocycles. The predicted octanol–water partition coefficient (Wildman–Crippen LogP) is 2.61. The Hall–Kier alpha value is -2.04. The summed E-state index contributed by atoms with van der Waals surface area (Å²) in [6.07, 6.45) is 5.27. The highest BCUT2D eigenvalue weighted by molar-refractivity contribution is 5.88. The minimum absolute atomic E-state index is 0.0624. The van der Waals surface area contributed by atoms with Crippen LogP contribution in [0.1, 0.15) is 19.8 Å². The lowest BCUT2D eigenvalue weighted by molar-refractivity contribution is -0.148. The second-order valence-corrected chi connectivity index (χ2v) is 5.00. The van der Waals surface area contributed by atoms with Crippen molar-refractivity contribution in [2.24, 2.45) is 5.92 Å². The van der Waals surface area contributed by atoms with Crippen LogP contribution < -0.4 is 4.90 Å². The van der Waals surface area contributed by atoms with Gasteiger partial charge in [0.1, 0.15) is 11.4 Å². The van der Waals surface area contributed by atoms with Gasteiger partial charge in [0.05, 0.1) is 24.2 Å². The molecule has 5 heteroatoms. The van der Waals surface area contributed by atoms with Crippen LogP contribution in [0, 0.1) is 5.92 Å². The number of piperidine rings is 1. The van der Waals surface area contributed by atoms with Crippen LogP contribution in [0.3, 0.4) is 0 Å². The number of carbonyl (C=O) groups is 1. The quantitative estimate of drug-likeness (QED) is 0.805. The van der Waals surface area contributed by atoms with Crippen molar-refractivity contribution in [3.8, 4) is 0 Å². The summed E-state index contributed by atoms with van der Waals surface area (Å²) in [5.74, 6) is 0.731. The smallest absolute Gasteiger partial charge is 0.310 e. The first-order valence-electron chi connectivity index (χ1n) is 7.03. The zero-order chi connectivity index (χ0) is 13.9. The van der Waals surface area contributed by atoms with Crippen LogP contribution in [0.5, 0.6) is 0 Å². The van der Waals surface area contributed by atoms with Gasteiger partial charge in [-0.15, -0.1) is 0 Å². The van der Waals surface area contributed by atoms with Crippen LogP contribution in [0.2, 0.25) is 0 Å². The first-order valence-corrected chi connectivity index (χ1v) is 7.03. The molecule has 1 atom stereocenters. The van der Waals surface area contributed by atoms with E-state index in [0.717, 1.165) is 36.2 Å². The normalized spacial score (nSPS) is 19.2. The molecule has 1 aliphatic rings. The number of hydrogen-bond acceptors (Lipinski definition) is 5.